The second kappa shape index (κ2) is 7.10. The van der Waals surface area contributed by atoms with Crippen molar-refractivity contribution in [2.75, 3.05) is 6.61 Å². The maximum Gasteiger partial charge on any atom is 0.306 e. The lowest BCUT2D eigenvalue weighted by molar-refractivity contribution is -0.143. The molecule has 93 valence electrons. The van der Waals surface area contributed by atoms with Crippen LogP contribution in [0.3, 0.4) is 0 Å². The maximum absolute atomic E-state index is 11.4. The molecule has 0 heterocycles. The van der Waals surface area contributed by atoms with E-state index < -0.39 is 0 Å². The van der Waals surface area contributed by atoms with E-state index in [-0.39, 0.29) is 5.97 Å². The molecule has 2 heteroatoms. The van der Waals surface area contributed by atoms with Crippen LogP contribution in [0.25, 0.3) is 0 Å². The van der Waals surface area contributed by atoms with Gasteiger partial charge in [0.25, 0.3) is 0 Å². The van der Waals surface area contributed by atoms with Crippen molar-refractivity contribution < 1.29 is 9.53 Å². The Morgan fingerprint density at radius 1 is 1.29 bits per heavy atom. The van der Waals surface area contributed by atoms with Gasteiger partial charge in [-0.25, -0.2) is 0 Å². The van der Waals surface area contributed by atoms with Crippen LogP contribution < -0.4 is 0 Å². The average molecular weight is 233 g/mol. The molecule has 1 aromatic carbocycles. The second-order valence-corrected chi connectivity index (χ2v) is 4.43. The summed E-state index contributed by atoms with van der Waals surface area (Å²) in [6.07, 6.45) is 3.22. The Bertz CT molecular complexity index is 349. The summed E-state index contributed by atoms with van der Waals surface area (Å²) in [5.74, 6) is -0.0958. The standard InChI is InChI=1S/C15H21O2/c1-4-5-8-17-15(16)7-6-14-10-12(2)9-13(3)11-14/h10-11H,4-8H2,1-3H3. The van der Waals surface area contributed by atoms with Gasteiger partial charge in [-0.3, -0.25) is 4.79 Å². The molecule has 0 aliphatic heterocycles. The van der Waals surface area contributed by atoms with Crippen LogP contribution in [0.15, 0.2) is 12.1 Å². The Balaban J connectivity index is 2.36. The number of aryl methyl sites for hydroxylation is 3. The molecule has 0 saturated carbocycles. The predicted molar refractivity (Wildman–Crippen MR) is 68.9 cm³/mol. The van der Waals surface area contributed by atoms with Gasteiger partial charge in [0.2, 0.25) is 0 Å². The molecule has 0 aliphatic carbocycles. The van der Waals surface area contributed by atoms with Crippen molar-refractivity contribution in [3.8, 4) is 0 Å². The number of carbonyl (C=O) groups is 1. The second-order valence-electron chi connectivity index (χ2n) is 4.43. The van der Waals surface area contributed by atoms with E-state index in [1.54, 1.807) is 0 Å². The smallest absolute Gasteiger partial charge is 0.306 e. The first kappa shape index (κ1) is 13.8. The van der Waals surface area contributed by atoms with E-state index in [0.717, 1.165) is 30.4 Å². The SMILES string of the molecule is CCCCOC(=O)CCc1cc(C)[c]c(C)c1. The lowest BCUT2D eigenvalue weighted by Crippen LogP contribution is -2.07. The fourth-order valence-electron chi connectivity index (χ4n) is 1.77. The largest absolute Gasteiger partial charge is 0.466 e. The van der Waals surface area contributed by atoms with Crippen LogP contribution >= 0.6 is 0 Å². The zero-order chi connectivity index (χ0) is 12.7. The van der Waals surface area contributed by atoms with Gasteiger partial charge in [0.15, 0.2) is 0 Å². The predicted octanol–water partition coefficient (Wildman–Crippen LogP) is 3.38. The van der Waals surface area contributed by atoms with Gasteiger partial charge in [0, 0.05) is 6.42 Å². The van der Waals surface area contributed by atoms with E-state index in [4.69, 9.17) is 4.74 Å². The summed E-state index contributed by atoms with van der Waals surface area (Å²) in [5, 5.41) is 0. The van der Waals surface area contributed by atoms with E-state index in [0.29, 0.717) is 13.0 Å². The Morgan fingerprint density at radius 2 is 1.94 bits per heavy atom. The molecule has 0 saturated heterocycles. The molecule has 1 aromatic rings. The molecule has 2 nitrogen and oxygen atoms in total. The number of rotatable bonds is 6. The summed E-state index contributed by atoms with van der Waals surface area (Å²) in [6, 6.07) is 7.38. The van der Waals surface area contributed by atoms with Crippen LogP contribution in [-0.4, -0.2) is 12.6 Å². The number of esters is 1. The number of carbonyl (C=O) groups excluding carboxylic acids is 1. The molecular formula is C15H21O2. The highest BCUT2D eigenvalue weighted by atomic mass is 16.5. The fourth-order valence-corrected chi connectivity index (χ4v) is 1.77. The first-order valence-corrected chi connectivity index (χ1v) is 6.27. The van der Waals surface area contributed by atoms with Gasteiger partial charge in [0.1, 0.15) is 0 Å². The monoisotopic (exact) mass is 233 g/mol. The summed E-state index contributed by atoms with van der Waals surface area (Å²) in [7, 11) is 0. The molecule has 0 fully saturated rings. The zero-order valence-corrected chi connectivity index (χ0v) is 11.0. The molecule has 0 N–H and O–H groups in total. The first-order chi connectivity index (χ1) is 8.11. The van der Waals surface area contributed by atoms with Crippen LogP contribution in [-0.2, 0) is 16.0 Å². The number of hydrogen-bond acceptors (Lipinski definition) is 2. The van der Waals surface area contributed by atoms with Crippen molar-refractivity contribution in [3.05, 3.63) is 34.9 Å². The van der Waals surface area contributed by atoms with Gasteiger partial charge in [-0.1, -0.05) is 25.5 Å². The van der Waals surface area contributed by atoms with E-state index in [9.17, 15) is 4.79 Å². The number of unbranched alkanes of at least 4 members (excludes halogenated alkanes) is 1. The molecule has 0 atom stereocenters. The Hall–Kier alpha value is -1.31. The molecule has 0 spiro atoms. The highest BCUT2D eigenvalue weighted by molar-refractivity contribution is 5.69. The quantitative estimate of drug-likeness (QED) is 0.556. The molecule has 1 rings (SSSR count). The third-order valence-corrected chi connectivity index (χ3v) is 2.58. The van der Waals surface area contributed by atoms with Crippen LogP contribution in [0.2, 0.25) is 0 Å². The number of hydrogen-bond donors (Lipinski definition) is 0. The van der Waals surface area contributed by atoms with Crippen molar-refractivity contribution in [1.82, 2.24) is 0 Å². The van der Waals surface area contributed by atoms with Crippen LogP contribution in [0.5, 0.6) is 0 Å². The lowest BCUT2D eigenvalue weighted by atomic mass is 10.0. The Kier molecular flexibility index (Phi) is 5.75. The van der Waals surface area contributed by atoms with E-state index in [1.165, 1.54) is 5.56 Å². The minimum absolute atomic E-state index is 0.0958. The lowest BCUT2D eigenvalue weighted by Gasteiger charge is -2.05. The van der Waals surface area contributed by atoms with Crippen LogP contribution in [0.1, 0.15) is 42.9 Å². The summed E-state index contributed by atoms with van der Waals surface area (Å²) in [5.41, 5.74) is 3.44. The third-order valence-electron chi connectivity index (χ3n) is 2.58. The minimum atomic E-state index is -0.0958. The van der Waals surface area contributed by atoms with Gasteiger partial charge in [-0.2, -0.15) is 0 Å². The third kappa shape index (κ3) is 5.53. The first-order valence-electron chi connectivity index (χ1n) is 6.27. The topological polar surface area (TPSA) is 26.3 Å². The van der Waals surface area contributed by atoms with Crippen molar-refractivity contribution in [1.29, 1.82) is 0 Å². The van der Waals surface area contributed by atoms with Crippen LogP contribution in [0, 0.1) is 19.9 Å². The van der Waals surface area contributed by atoms with Crippen LogP contribution in [0.4, 0.5) is 0 Å². The summed E-state index contributed by atoms with van der Waals surface area (Å²) in [4.78, 5) is 11.4. The van der Waals surface area contributed by atoms with E-state index in [1.807, 2.05) is 13.8 Å². The van der Waals surface area contributed by atoms with Gasteiger partial charge in [-0.15, -0.1) is 0 Å². The normalized spacial score (nSPS) is 10.3. The van der Waals surface area contributed by atoms with Crippen molar-refractivity contribution in [2.45, 2.75) is 46.5 Å². The summed E-state index contributed by atoms with van der Waals surface area (Å²) in [6.45, 7) is 6.68. The summed E-state index contributed by atoms with van der Waals surface area (Å²) < 4.78 is 5.12. The number of ether oxygens (including phenoxy) is 1. The molecule has 0 amide bonds. The molecule has 0 aromatic heterocycles. The average Bonchev–Trinajstić information content (AvgIpc) is 2.25. The Labute approximate surface area is 104 Å². The highest BCUT2D eigenvalue weighted by Gasteiger charge is 2.04. The highest BCUT2D eigenvalue weighted by Crippen LogP contribution is 2.10. The molecule has 0 bridgehead atoms. The molecular weight excluding hydrogens is 212 g/mol. The number of benzene rings is 1. The maximum atomic E-state index is 11.4. The molecule has 1 radical (unpaired) electrons. The minimum Gasteiger partial charge on any atom is -0.466 e. The van der Waals surface area contributed by atoms with Gasteiger partial charge >= 0.3 is 5.97 Å². The summed E-state index contributed by atoms with van der Waals surface area (Å²) >= 11 is 0. The van der Waals surface area contributed by atoms with Gasteiger partial charge < -0.3 is 4.74 Å². The van der Waals surface area contributed by atoms with E-state index in [2.05, 4.69) is 25.1 Å². The van der Waals surface area contributed by atoms with Crippen molar-refractivity contribution >= 4 is 5.97 Å². The molecule has 17 heavy (non-hydrogen) atoms. The fraction of sp³-hybridized carbons (Fsp3) is 0.533. The van der Waals surface area contributed by atoms with Gasteiger partial charge in [-0.05, 0) is 49.4 Å². The van der Waals surface area contributed by atoms with Crippen molar-refractivity contribution in [2.24, 2.45) is 0 Å². The molecule has 0 unspecified atom stereocenters. The van der Waals surface area contributed by atoms with Crippen molar-refractivity contribution in [3.63, 3.8) is 0 Å². The zero-order valence-electron chi connectivity index (χ0n) is 11.0. The van der Waals surface area contributed by atoms with E-state index >= 15 is 0 Å². The van der Waals surface area contributed by atoms with Gasteiger partial charge in [0.05, 0.1) is 6.61 Å². The molecule has 0 aliphatic rings. The Morgan fingerprint density at radius 3 is 2.53 bits per heavy atom.